The summed E-state index contributed by atoms with van der Waals surface area (Å²) in [5.74, 6) is 0. The molecule has 6 nitrogen and oxygen atoms in total. The Morgan fingerprint density at radius 1 is 0.650 bits per heavy atom. The van der Waals surface area contributed by atoms with E-state index in [1.165, 1.54) is 0 Å². The quantitative estimate of drug-likeness (QED) is 0.521. The highest BCUT2D eigenvalue weighted by Crippen LogP contribution is 2.17. The average Bonchev–Trinajstić information content (AvgIpc) is 2.54. The minimum Gasteiger partial charge on any atom is -0.262 e. The van der Waals surface area contributed by atoms with Crippen molar-refractivity contribution in [3.8, 4) is 11.4 Å². The fourth-order valence-electron chi connectivity index (χ4n) is 1.97. The first-order chi connectivity index (χ1) is 9.90. The second-order valence-corrected chi connectivity index (χ2v) is 4.22. The van der Waals surface area contributed by atoms with Gasteiger partial charge in [-0.25, -0.2) is 19.9 Å². The lowest BCUT2D eigenvalue weighted by molar-refractivity contribution is 1.19. The van der Waals surface area contributed by atoms with Crippen molar-refractivity contribution in [2.24, 2.45) is 0 Å². The van der Waals surface area contributed by atoms with Crippen LogP contribution in [0.1, 0.15) is 0 Å². The molecule has 0 aromatic carbocycles. The number of fused-ring (bicyclic) bond motifs is 2. The van der Waals surface area contributed by atoms with Crippen LogP contribution in [0.3, 0.4) is 0 Å². The van der Waals surface area contributed by atoms with E-state index in [2.05, 4.69) is 29.9 Å². The molecule has 94 valence electrons. The topological polar surface area (TPSA) is 77.3 Å². The van der Waals surface area contributed by atoms with Gasteiger partial charge in [0.05, 0.1) is 24.1 Å². The summed E-state index contributed by atoms with van der Waals surface area (Å²) in [6.45, 7) is 0. The third kappa shape index (κ3) is 1.74. The predicted molar refractivity (Wildman–Crippen MR) is 73.7 cm³/mol. The average molecular weight is 260 g/mol. The van der Waals surface area contributed by atoms with E-state index in [4.69, 9.17) is 0 Å². The van der Waals surface area contributed by atoms with Gasteiger partial charge in [-0.15, -0.1) is 0 Å². The fraction of sp³-hybridized carbons (Fsp3) is 0. The minimum atomic E-state index is 0.620. The Labute approximate surface area is 113 Å². The lowest BCUT2D eigenvalue weighted by atomic mass is 10.3. The van der Waals surface area contributed by atoms with E-state index in [1.807, 2.05) is 18.2 Å². The predicted octanol–water partition coefficient (Wildman–Crippen LogP) is 2.03. The van der Waals surface area contributed by atoms with Crippen LogP contribution in [-0.2, 0) is 0 Å². The first kappa shape index (κ1) is 10.9. The van der Waals surface area contributed by atoms with Crippen molar-refractivity contribution >= 4 is 22.2 Å². The van der Waals surface area contributed by atoms with E-state index in [-0.39, 0.29) is 0 Å². The molecule has 20 heavy (non-hydrogen) atoms. The van der Waals surface area contributed by atoms with Gasteiger partial charge in [0.1, 0.15) is 22.4 Å². The molecular weight excluding hydrogens is 252 g/mol. The maximum absolute atomic E-state index is 4.53. The molecule has 0 saturated heterocycles. The van der Waals surface area contributed by atoms with E-state index in [1.54, 1.807) is 31.0 Å². The molecule has 4 aromatic heterocycles. The lowest BCUT2D eigenvalue weighted by Gasteiger charge is -2.02. The Morgan fingerprint density at radius 3 is 2.45 bits per heavy atom. The van der Waals surface area contributed by atoms with Crippen molar-refractivity contribution in [3.05, 3.63) is 49.2 Å². The second kappa shape index (κ2) is 4.27. The number of pyridine rings is 2. The third-order valence-electron chi connectivity index (χ3n) is 2.92. The second-order valence-electron chi connectivity index (χ2n) is 4.22. The van der Waals surface area contributed by atoms with Gasteiger partial charge < -0.3 is 0 Å². The molecule has 0 saturated carbocycles. The summed E-state index contributed by atoms with van der Waals surface area (Å²) >= 11 is 0. The largest absolute Gasteiger partial charge is 0.262 e. The maximum Gasteiger partial charge on any atom is 0.178 e. The maximum atomic E-state index is 4.53. The SMILES string of the molecule is c1cnc2ncc(-c3cnc4cnccc4n3)nc2c1. The Balaban J connectivity index is 1.91. The third-order valence-corrected chi connectivity index (χ3v) is 2.92. The number of aromatic nitrogens is 6. The van der Waals surface area contributed by atoms with Crippen LogP contribution in [0.2, 0.25) is 0 Å². The van der Waals surface area contributed by atoms with Gasteiger partial charge in [0.15, 0.2) is 5.65 Å². The summed E-state index contributed by atoms with van der Waals surface area (Å²) in [6, 6.07) is 5.53. The standard InChI is InChI=1S/C14H8N6/c1-2-10-14(16-4-1)18-8-13(20-10)12-7-17-11-6-15-5-3-9(11)19-12/h1-8H. The summed E-state index contributed by atoms with van der Waals surface area (Å²) in [7, 11) is 0. The van der Waals surface area contributed by atoms with Gasteiger partial charge in [0, 0.05) is 12.4 Å². The van der Waals surface area contributed by atoms with Crippen LogP contribution in [0.5, 0.6) is 0 Å². The lowest BCUT2D eigenvalue weighted by Crippen LogP contribution is -1.94. The first-order valence-corrected chi connectivity index (χ1v) is 6.05. The molecule has 4 rings (SSSR count). The molecule has 0 radical (unpaired) electrons. The molecule has 0 atom stereocenters. The van der Waals surface area contributed by atoms with Crippen molar-refractivity contribution in [1.82, 2.24) is 29.9 Å². The zero-order chi connectivity index (χ0) is 13.4. The Kier molecular flexibility index (Phi) is 2.32. The van der Waals surface area contributed by atoms with Gasteiger partial charge >= 0.3 is 0 Å². The van der Waals surface area contributed by atoms with Crippen LogP contribution in [0.25, 0.3) is 33.6 Å². The smallest absolute Gasteiger partial charge is 0.178 e. The molecule has 0 amide bonds. The van der Waals surface area contributed by atoms with E-state index < -0.39 is 0 Å². The normalized spacial score (nSPS) is 11.0. The fourth-order valence-corrected chi connectivity index (χ4v) is 1.97. The van der Waals surface area contributed by atoms with Gasteiger partial charge in [0.25, 0.3) is 0 Å². The van der Waals surface area contributed by atoms with Crippen LogP contribution < -0.4 is 0 Å². The number of hydrogen-bond donors (Lipinski definition) is 0. The summed E-state index contributed by atoms with van der Waals surface area (Å²) in [5, 5.41) is 0. The van der Waals surface area contributed by atoms with Crippen LogP contribution in [0, 0.1) is 0 Å². The van der Waals surface area contributed by atoms with E-state index in [9.17, 15) is 0 Å². The van der Waals surface area contributed by atoms with Crippen molar-refractivity contribution in [1.29, 1.82) is 0 Å². The highest BCUT2D eigenvalue weighted by molar-refractivity contribution is 5.77. The van der Waals surface area contributed by atoms with E-state index in [0.29, 0.717) is 17.0 Å². The number of rotatable bonds is 1. The van der Waals surface area contributed by atoms with Crippen molar-refractivity contribution < 1.29 is 0 Å². The van der Waals surface area contributed by atoms with Crippen molar-refractivity contribution in [3.63, 3.8) is 0 Å². The molecule has 0 spiro atoms. The van der Waals surface area contributed by atoms with Gasteiger partial charge in [-0.05, 0) is 18.2 Å². The summed E-state index contributed by atoms with van der Waals surface area (Å²) < 4.78 is 0. The molecule has 4 aromatic rings. The van der Waals surface area contributed by atoms with E-state index >= 15 is 0 Å². The Hall–Kier alpha value is -3.02. The molecule has 0 aliphatic carbocycles. The van der Waals surface area contributed by atoms with E-state index in [0.717, 1.165) is 16.6 Å². The molecule has 0 N–H and O–H groups in total. The van der Waals surface area contributed by atoms with Gasteiger partial charge in [-0.2, -0.15) is 0 Å². The van der Waals surface area contributed by atoms with Crippen LogP contribution in [0.4, 0.5) is 0 Å². The zero-order valence-electron chi connectivity index (χ0n) is 10.3. The van der Waals surface area contributed by atoms with Gasteiger partial charge in [-0.3, -0.25) is 9.97 Å². The van der Waals surface area contributed by atoms with Crippen LogP contribution in [-0.4, -0.2) is 29.9 Å². The molecule has 0 unspecified atom stereocenters. The number of hydrogen-bond acceptors (Lipinski definition) is 6. The monoisotopic (exact) mass is 260 g/mol. The molecule has 0 aliphatic heterocycles. The highest BCUT2D eigenvalue weighted by Gasteiger charge is 2.06. The summed E-state index contributed by atoms with van der Waals surface area (Å²) in [5.41, 5.74) is 4.26. The van der Waals surface area contributed by atoms with Crippen LogP contribution in [0.15, 0.2) is 49.2 Å². The minimum absolute atomic E-state index is 0.620. The molecular formula is C14H8N6. The highest BCUT2D eigenvalue weighted by atomic mass is 14.9. The molecule has 0 bridgehead atoms. The zero-order valence-corrected chi connectivity index (χ0v) is 10.3. The Morgan fingerprint density at radius 2 is 1.50 bits per heavy atom. The summed E-state index contributed by atoms with van der Waals surface area (Å²) in [6.07, 6.45) is 8.40. The van der Waals surface area contributed by atoms with Gasteiger partial charge in [0.2, 0.25) is 0 Å². The van der Waals surface area contributed by atoms with Crippen molar-refractivity contribution in [2.75, 3.05) is 0 Å². The van der Waals surface area contributed by atoms with Gasteiger partial charge in [-0.1, -0.05) is 0 Å². The van der Waals surface area contributed by atoms with Crippen LogP contribution >= 0.6 is 0 Å². The van der Waals surface area contributed by atoms with Crippen molar-refractivity contribution in [2.45, 2.75) is 0 Å². The molecule has 4 heterocycles. The Bertz CT molecular complexity index is 844. The first-order valence-electron chi connectivity index (χ1n) is 6.05. The molecule has 0 aliphatic rings. The number of nitrogens with zero attached hydrogens (tertiary/aromatic N) is 6. The molecule has 0 fully saturated rings. The molecule has 6 heteroatoms. The summed E-state index contributed by atoms with van der Waals surface area (Å²) in [4.78, 5) is 25.8.